The van der Waals surface area contributed by atoms with Crippen LogP contribution in [0.5, 0.6) is 0 Å². The molecule has 0 fully saturated rings. The van der Waals surface area contributed by atoms with Gasteiger partial charge in [-0.15, -0.1) is 0 Å². The van der Waals surface area contributed by atoms with Gasteiger partial charge in [-0.3, -0.25) is 4.79 Å². The van der Waals surface area contributed by atoms with Crippen LogP contribution in [-0.2, 0) is 11.2 Å². The van der Waals surface area contributed by atoms with Crippen molar-refractivity contribution >= 4 is 5.91 Å². The van der Waals surface area contributed by atoms with Crippen LogP contribution in [0.1, 0.15) is 41.5 Å². The monoisotopic (exact) mass is 294 g/mol. The highest BCUT2D eigenvalue weighted by Crippen LogP contribution is 2.31. The van der Waals surface area contributed by atoms with Crippen molar-refractivity contribution in [3.05, 3.63) is 71.3 Å². The Hall–Kier alpha value is -2.13. The average Bonchev–Trinajstić information content (AvgIpc) is 2.59. The summed E-state index contributed by atoms with van der Waals surface area (Å²) in [5.74, 6) is 0.0615. The molecule has 0 bridgehead atoms. The smallest absolute Gasteiger partial charge is 0.227 e. The summed E-state index contributed by atoms with van der Waals surface area (Å²) >= 11 is 0. The quantitative estimate of drug-likeness (QED) is 0.911. The first-order valence-corrected chi connectivity index (χ1v) is 7.92. The van der Waals surface area contributed by atoms with Crippen molar-refractivity contribution in [1.82, 2.24) is 5.32 Å². The molecule has 1 aliphatic rings. The van der Waals surface area contributed by atoms with Crippen molar-refractivity contribution in [2.24, 2.45) is 5.73 Å². The number of nitrogens with two attached hydrogens (primary N) is 1. The Balaban J connectivity index is 1.64. The van der Waals surface area contributed by atoms with Gasteiger partial charge < -0.3 is 11.1 Å². The van der Waals surface area contributed by atoms with Crippen LogP contribution in [0.3, 0.4) is 0 Å². The van der Waals surface area contributed by atoms with Crippen molar-refractivity contribution in [3.8, 4) is 0 Å². The first-order valence-electron chi connectivity index (χ1n) is 7.92. The molecule has 3 nitrogen and oxygen atoms in total. The largest absolute Gasteiger partial charge is 0.354 e. The van der Waals surface area contributed by atoms with Gasteiger partial charge in [0.25, 0.3) is 0 Å². The molecule has 0 heterocycles. The second-order valence-corrected chi connectivity index (χ2v) is 5.91. The Kier molecular flexibility index (Phi) is 4.54. The third kappa shape index (κ3) is 3.20. The summed E-state index contributed by atoms with van der Waals surface area (Å²) in [4.78, 5) is 12.5. The predicted octanol–water partition coefficient (Wildman–Crippen LogP) is 2.92. The van der Waals surface area contributed by atoms with E-state index < -0.39 is 0 Å². The Labute approximate surface area is 131 Å². The minimum Gasteiger partial charge on any atom is -0.354 e. The van der Waals surface area contributed by atoms with E-state index >= 15 is 0 Å². The lowest BCUT2D eigenvalue weighted by atomic mass is 9.82. The van der Waals surface area contributed by atoms with Crippen LogP contribution >= 0.6 is 0 Å². The van der Waals surface area contributed by atoms with Crippen LogP contribution in [0.4, 0.5) is 0 Å². The molecular weight excluding hydrogens is 272 g/mol. The van der Waals surface area contributed by atoms with Crippen molar-refractivity contribution in [3.63, 3.8) is 0 Å². The van der Waals surface area contributed by atoms with E-state index in [0.29, 0.717) is 6.54 Å². The van der Waals surface area contributed by atoms with Gasteiger partial charge in [-0.25, -0.2) is 0 Å². The van der Waals surface area contributed by atoms with E-state index in [0.717, 1.165) is 24.8 Å². The van der Waals surface area contributed by atoms with Crippen LogP contribution in [-0.4, -0.2) is 12.5 Å². The molecule has 3 rings (SSSR count). The molecule has 114 valence electrons. The number of hydrogen-bond acceptors (Lipinski definition) is 2. The average molecular weight is 294 g/mol. The number of carbonyl (C=O) groups is 1. The minimum absolute atomic E-state index is 0.0343. The number of amides is 1. The molecule has 0 saturated heterocycles. The topological polar surface area (TPSA) is 55.1 Å². The number of nitrogens with one attached hydrogen (secondary N) is 1. The fourth-order valence-electron chi connectivity index (χ4n) is 3.18. The molecule has 0 saturated carbocycles. The number of fused-ring (bicyclic) bond motifs is 1. The second-order valence-electron chi connectivity index (χ2n) is 5.91. The highest BCUT2D eigenvalue weighted by Gasteiger charge is 2.26. The first kappa shape index (κ1) is 14.8. The van der Waals surface area contributed by atoms with Gasteiger partial charge in [-0.1, -0.05) is 54.6 Å². The zero-order chi connectivity index (χ0) is 15.4. The van der Waals surface area contributed by atoms with Crippen molar-refractivity contribution in [2.75, 3.05) is 6.54 Å². The molecule has 1 amide bonds. The van der Waals surface area contributed by atoms with Crippen LogP contribution in [0, 0.1) is 0 Å². The van der Waals surface area contributed by atoms with Crippen molar-refractivity contribution in [2.45, 2.75) is 31.2 Å². The molecule has 0 spiro atoms. The van der Waals surface area contributed by atoms with Gasteiger partial charge in [0.2, 0.25) is 5.91 Å². The van der Waals surface area contributed by atoms with E-state index in [1.165, 1.54) is 11.1 Å². The van der Waals surface area contributed by atoms with Crippen molar-refractivity contribution < 1.29 is 4.79 Å². The van der Waals surface area contributed by atoms with Crippen LogP contribution in [0.2, 0.25) is 0 Å². The lowest BCUT2D eigenvalue weighted by molar-refractivity contribution is -0.122. The zero-order valence-corrected chi connectivity index (χ0v) is 12.7. The molecule has 2 aromatic rings. The molecular formula is C19H22N2O. The van der Waals surface area contributed by atoms with Gasteiger partial charge in [-0.05, 0) is 36.0 Å². The fraction of sp³-hybridized carbons (Fsp3) is 0.316. The predicted molar refractivity (Wildman–Crippen MR) is 88.5 cm³/mol. The molecule has 0 aromatic heterocycles. The molecule has 3 N–H and O–H groups in total. The van der Waals surface area contributed by atoms with Gasteiger partial charge in [0.05, 0.1) is 5.92 Å². The third-order valence-electron chi connectivity index (χ3n) is 4.41. The SMILES string of the molecule is NC(CNC(=O)C1CCCc2ccccc21)c1ccccc1. The molecule has 2 aromatic carbocycles. The zero-order valence-electron chi connectivity index (χ0n) is 12.7. The highest BCUT2D eigenvalue weighted by molar-refractivity contribution is 5.84. The van der Waals surface area contributed by atoms with E-state index in [4.69, 9.17) is 5.73 Å². The molecule has 2 unspecified atom stereocenters. The summed E-state index contributed by atoms with van der Waals surface area (Å²) in [6.45, 7) is 0.474. The van der Waals surface area contributed by atoms with Crippen LogP contribution < -0.4 is 11.1 Å². The summed E-state index contributed by atoms with van der Waals surface area (Å²) in [5.41, 5.74) is 9.69. The maximum absolute atomic E-state index is 12.5. The van der Waals surface area contributed by atoms with Gasteiger partial charge >= 0.3 is 0 Å². The number of carbonyl (C=O) groups excluding carboxylic acids is 1. The van der Waals surface area contributed by atoms with E-state index in [1.807, 2.05) is 42.5 Å². The van der Waals surface area contributed by atoms with Crippen LogP contribution in [0.15, 0.2) is 54.6 Å². The summed E-state index contributed by atoms with van der Waals surface area (Å²) in [5, 5.41) is 3.03. The summed E-state index contributed by atoms with van der Waals surface area (Å²) < 4.78 is 0. The summed E-state index contributed by atoms with van der Waals surface area (Å²) in [6.07, 6.45) is 3.06. The van der Waals surface area contributed by atoms with E-state index in [-0.39, 0.29) is 17.9 Å². The molecule has 22 heavy (non-hydrogen) atoms. The van der Waals surface area contributed by atoms with Crippen LogP contribution in [0.25, 0.3) is 0 Å². The Morgan fingerprint density at radius 3 is 2.68 bits per heavy atom. The minimum atomic E-state index is -0.163. The van der Waals surface area contributed by atoms with E-state index in [1.54, 1.807) is 0 Å². The fourth-order valence-corrected chi connectivity index (χ4v) is 3.18. The maximum Gasteiger partial charge on any atom is 0.227 e. The Morgan fingerprint density at radius 2 is 1.86 bits per heavy atom. The van der Waals surface area contributed by atoms with E-state index in [2.05, 4.69) is 17.4 Å². The lowest BCUT2D eigenvalue weighted by Crippen LogP contribution is -2.36. The van der Waals surface area contributed by atoms with Crippen molar-refractivity contribution in [1.29, 1.82) is 0 Å². The molecule has 2 atom stereocenters. The Bertz CT molecular complexity index is 639. The molecule has 1 aliphatic carbocycles. The normalized spacial score (nSPS) is 18.3. The van der Waals surface area contributed by atoms with Gasteiger partial charge in [0.1, 0.15) is 0 Å². The van der Waals surface area contributed by atoms with Gasteiger partial charge in [0, 0.05) is 12.6 Å². The standard InChI is InChI=1S/C19H22N2O/c20-18(15-8-2-1-3-9-15)13-21-19(22)17-12-6-10-14-7-4-5-11-16(14)17/h1-5,7-9,11,17-18H,6,10,12-13,20H2,(H,21,22). The maximum atomic E-state index is 12.5. The number of aryl methyl sites for hydroxylation is 1. The summed E-state index contributed by atoms with van der Waals surface area (Å²) in [7, 11) is 0. The lowest BCUT2D eigenvalue weighted by Gasteiger charge is -2.25. The number of rotatable bonds is 4. The van der Waals surface area contributed by atoms with Gasteiger partial charge in [-0.2, -0.15) is 0 Å². The molecule has 0 aliphatic heterocycles. The molecule has 0 radical (unpaired) electrons. The highest BCUT2D eigenvalue weighted by atomic mass is 16.1. The summed E-state index contributed by atoms with van der Waals surface area (Å²) in [6, 6.07) is 18.0. The number of hydrogen-bond donors (Lipinski definition) is 2. The molecule has 3 heteroatoms. The number of benzene rings is 2. The third-order valence-corrected chi connectivity index (χ3v) is 4.41. The second kappa shape index (κ2) is 6.75. The first-order chi connectivity index (χ1) is 10.8. The van der Waals surface area contributed by atoms with Gasteiger partial charge in [0.15, 0.2) is 0 Å². The Morgan fingerprint density at radius 1 is 1.14 bits per heavy atom. The van der Waals surface area contributed by atoms with E-state index in [9.17, 15) is 4.79 Å².